The zero-order chi connectivity index (χ0) is 20.2. The standard InChI is InChI=1S/C21H17FN4O3/c1-2-9-23-21(27)16-11-24-19(13-3-8-17-18(10-13)29-12-28-17)26-20(16)25-15-6-4-14(22)5-7-15/h2-8,10-11H,1,9,12H2,(H,23,27)(H,24,25,26). The number of hydrogen-bond acceptors (Lipinski definition) is 6. The van der Waals surface area contributed by atoms with Crippen molar-refractivity contribution in [3.05, 3.63) is 72.7 Å². The van der Waals surface area contributed by atoms with Crippen LogP contribution in [0.1, 0.15) is 10.4 Å². The number of benzene rings is 2. The molecule has 1 aromatic heterocycles. The average Bonchev–Trinajstić information content (AvgIpc) is 3.21. The summed E-state index contributed by atoms with van der Waals surface area (Å²) in [6.45, 7) is 4.06. The first-order chi connectivity index (χ1) is 14.1. The zero-order valence-corrected chi connectivity index (χ0v) is 15.3. The molecule has 146 valence electrons. The van der Waals surface area contributed by atoms with Gasteiger partial charge in [0.1, 0.15) is 17.2 Å². The Bertz CT molecular complexity index is 1070. The summed E-state index contributed by atoms with van der Waals surface area (Å²) in [5.41, 5.74) is 1.54. The van der Waals surface area contributed by atoms with Crippen molar-refractivity contribution in [1.29, 1.82) is 0 Å². The largest absolute Gasteiger partial charge is 0.454 e. The lowest BCUT2D eigenvalue weighted by molar-refractivity contribution is 0.0958. The van der Waals surface area contributed by atoms with Crippen molar-refractivity contribution in [1.82, 2.24) is 15.3 Å². The minimum atomic E-state index is -0.358. The first-order valence-corrected chi connectivity index (χ1v) is 8.83. The first kappa shape index (κ1) is 18.4. The van der Waals surface area contributed by atoms with Gasteiger partial charge in [-0.25, -0.2) is 14.4 Å². The van der Waals surface area contributed by atoms with Crippen LogP contribution in [-0.4, -0.2) is 29.2 Å². The first-order valence-electron chi connectivity index (χ1n) is 8.83. The van der Waals surface area contributed by atoms with Crippen LogP contribution in [0.15, 0.2) is 61.3 Å². The molecule has 4 rings (SSSR count). The van der Waals surface area contributed by atoms with Gasteiger partial charge in [0.2, 0.25) is 6.79 Å². The molecule has 8 heteroatoms. The van der Waals surface area contributed by atoms with E-state index in [-0.39, 0.29) is 24.1 Å². The molecule has 1 amide bonds. The van der Waals surface area contributed by atoms with Gasteiger partial charge in [0.05, 0.1) is 0 Å². The van der Waals surface area contributed by atoms with E-state index in [9.17, 15) is 9.18 Å². The second-order valence-corrected chi connectivity index (χ2v) is 6.15. The smallest absolute Gasteiger partial charge is 0.256 e. The molecule has 2 heterocycles. The van der Waals surface area contributed by atoms with E-state index in [1.807, 2.05) is 6.07 Å². The third-order valence-electron chi connectivity index (χ3n) is 4.18. The van der Waals surface area contributed by atoms with Crippen LogP contribution in [0, 0.1) is 5.82 Å². The number of nitrogens with zero attached hydrogens (tertiary/aromatic N) is 2. The minimum Gasteiger partial charge on any atom is -0.454 e. The van der Waals surface area contributed by atoms with Crippen molar-refractivity contribution in [2.45, 2.75) is 0 Å². The molecule has 1 aliphatic rings. The highest BCUT2D eigenvalue weighted by atomic mass is 19.1. The van der Waals surface area contributed by atoms with Crippen molar-refractivity contribution in [2.75, 3.05) is 18.7 Å². The summed E-state index contributed by atoms with van der Waals surface area (Å²) in [5, 5.41) is 5.76. The quantitative estimate of drug-likeness (QED) is 0.623. The maximum Gasteiger partial charge on any atom is 0.256 e. The van der Waals surface area contributed by atoms with Crippen LogP contribution in [-0.2, 0) is 0 Å². The molecule has 3 aromatic rings. The van der Waals surface area contributed by atoms with Gasteiger partial charge >= 0.3 is 0 Å². The number of hydrogen-bond donors (Lipinski definition) is 2. The van der Waals surface area contributed by atoms with E-state index in [1.54, 1.807) is 30.3 Å². The van der Waals surface area contributed by atoms with E-state index in [0.717, 1.165) is 0 Å². The molecule has 0 aliphatic carbocycles. The van der Waals surface area contributed by atoms with Gasteiger partial charge < -0.3 is 20.1 Å². The minimum absolute atomic E-state index is 0.166. The molecule has 0 bridgehead atoms. The second kappa shape index (κ2) is 7.97. The van der Waals surface area contributed by atoms with Crippen molar-refractivity contribution in [3.8, 4) is 22.9 Å². The van der Waals surface area contributed by atoms with Crippen LogP contribution in [0.2, 0.25) is 0 Å². The molecule has 2 aromatic carbocycles. The second-order valence-electron chi connectivity index (χ2n) is 6.15. The molecule has 1 aliphatic heterocycles. The lowest BCUT2D eigenvalue weighted by atomic mass is 10.1. The highest BCUT2D eigenvalue weighted by molar-refractivity contribution is 5.99. The normalized spacial score (nSPS) is 11.8. The van der Waals surface area contributed by atoms with E-state index in [4.69, 9.17) is 9.47 Å². The van der Waals surface area contributed by atoms with Crippen LogP contribution in [0.25, 0.3) is 11.4 Å². The predicted molar refractivity (Wildman–Crippen MR) is 106 cm³/mol. The highest BCUT2D eigenvalue weighted by Gasteiger charge is 2.18. The van der Waals surface area contributed by atoms with E-state index >= 15 is 0 Å². The van der Waals surface area contributed by atoms with Gasteiger partial charge in [0.25, 0.3) is 5.91 Å². The number of nitrogens with one attached hydrogen (secondary N) is 2. The molecule has 2 N–H and O–H groups in total. The van der Waals surface area contributed by atoms with Gasteiger partial charge in [-0.15, -0.1) is 6.58 Å². The van der Waals surface area contributed by atoms with Crippen LogP contribution in [0.4, 0.5) is 15.9 Å². The third-order valence-corrected chi connectivity index (χ3v) is 4.18. The molecule has 0 radical (unpaired) electrons. The topological polar surface area (TPSA) is 85.4 Å². The fraction of sp³-hybridized carbons (Fsp3) is 0.0952. The Balaban J connectivity index is 1.71. The lowest BCUT2D eigenvalue weighted by Gasteiger charge is -2.12. The van der Waals surface area contributed by atoms with Crippen LogP contribution in [0.5, 0.6) is 11.5 Å². The number of carbonyl (C=O) groups excluding carboxylic acids is 1. The number of anilines is 2. The Morgan fingerprint density at radius 1 is 1.17 bits per heavy atom. The van der Waals surface area contributed by atoms with Gasteiger partial charge in [-0.3, -0.25) is 4.79 Å². The molecule has 0 fully saturated rings. The molecule has 0 saturated heterocycles. The summed E-state index contributed by atoms with van der Waals surface area (Å²) >= 11 is 0. The number of carbonyl (C=O) groups is 1. The van der Waals surface area contributed by atoms with E-state index in [1.165, 1.54) is 18.3 Å². The number of aromatic nitrogens is 2. The van der Waals surface area contributed by atoms with Crippen LogP contribution in [0.3, 0.4) is 0 Å². The van der Waals surface area contributed by atoms with Gasteiger partial charge in [-0.1, -0.05) is 6.08 Å². The Kier molecular flexibility index (Phi) is 5.07. The number of rotatable bonds is 6. The van der Waals surface area contributed by atoms with Crippen LogP contribution < -0.4 is 20.1 Å². The molecule has 0 atom stereocenters. The van der Waals surface area contributed by atoms with E-state index < -0.39 is 0 Å². The van der Waals surface area contributed by atoms with Gasteiger partial charge in [0, 0.05) is 24.0 Å². The SMILES string of the molecule is C=CCNC(=O)c1cnc(-c2ccc3c(c2)OCO3)nc1Nc1ccc(F)cc1. The maximum absolute atomic E-state index is 13.2. The summed E-state index contributed by atoms with van der Waals surface area (Å²) in [7, 11) is 0. The third kappa shape index (κ3) is 4.01. The fourth-order valence-electron chi connectivity index (χ4n) is 2.75. The summed E-state index contributed by atoms with van der Waals surface area (Å²) < 4.78 is 23.9. The summed E-state index contributed by atoms with van der Waals surface area (Å²) in [6, 6.07) is 11.1. The van der Waals surface area contributed by atoms with Gasteiger partial charge in [0.15, 0.2) is 17.3 Å². The number of fused-ring (bicyclic) bond motifs is 1. The zero-order valence-electron chi connectivity index (χ0n) is 15.3. The van der Waals surface area contributed by atoms with E-state index in [2.05, 4.69) is 27.2 Å². The molecule has 0 saturated carbocycles. The monoisotopic (exact) mass is 392 g/mol. The molecule has 29 heavy (non-hydrogen) atoms. The predicted octanol–water partition coefficient (Wildman–Crippen LogP) is 3.67. The summed E-state index contributed by atoms with van der Waals surface area (Å²) in [4.78, 5) is 21.3. The van der Waals surface area contributed by atoms with Crippen LogP contribution >= 0.6 is 0 Å². The Hall–Kier alpha value is -3.94. The molecule has 0 unspecified atom stereocenters. The fourth-order valence-corrected chi connectivity index (χ4v) is 2.75. The van der Waals surface area contributed by atoms with Crippen molar-refractivity contribution in [2.24, 2.45) is 0 Å². The van der Waals surface area contributed by atoms with Crippen molar-refractivity contribution >= 4 is 17.4 Å². The maximum atomic E-state index is 13.2. The van der Waals surface area contributed by atoms with Crippen molar-refractivity contribution in [3.63, 3.8) is 0 Å². The number of ether oxygens (including phenoxy) is 2. The lowest BCUT2D eigenvalue weighted by Crippen LogP contribution is -2.24. The average molecular weight is 392 g/mol. The molecule has 0 spiro atoms. The molecule has 7 nitrogen and oxygen atoms in total. The highest BCUT2D eigenvalue weighted by Crippen LogP contribution is 2.35. The number of halogens is 1. The summed E-state index contributed by atoms with van der Waals surface area (Å²) in [5.74, 6) is 1.23. The summed E-state index contributed by atoms with van der Waals surface area (Å²) in [6.07, 6.45) is 3.02. The van der Waals surface area contributed by atoms with E-state index in [0.29, 0.717) is 40.9 Å². The Labute approximate surface area is 166 Å². The number of amides is 1. The molecular formula is C21H17FN4O3. The van der Waals surface area contributed by atoms with Crippen molar-refractivity contribution < 1.29 is 18.7 Å². The Morgan fingerprint density at radius 3 is 2.76 bits per heavy atom. The van der Waals surface area contributed by atoms with Gasteiger partial charge in [-0.05, 0) is 42.5 Å². The van der Waals surface area contributed by atoms with Gasteiger partial charge in [-0.2, -0.15) is 0 Å². The Morgan fingerprint density at radius 2 is 1.97 bits per heavy atom. The molecular weight excluding hydrogens is 375 g/mol.